The van der Waals surface area contributed by atoms with Crippen LogP contribution in [0.4, 0.5) is 5.82 Å². The van der Waals surface area contributed by atoms with Gasteiger partial charge in [-0.25, -0.2) is 4.98 Å². The molecular weight excluding hydrogens is 867 g/mol. The van der Waals surface area contributed by atoms with Crippen molar-refractivity contribution in [2.45, 2.75) is 162 Å². The summed E-state index contributed by atoms with van der Waals surface area (Å²) in [6.07, 6.45) is 12.7. The predicted molar refractivity (Wildman–Crippen MR) is 260 cm³/mol. The number of nitrogens with one attached hydrogen (secondary N) is 2. The van der Waals surface area contributed by atoms with Crippen molar-refractivity contribution in [3.8, 4) is 0 Å². The van der Waals surface area contributed by atoms with Gasteiger partial charge in [0.2, 0.25) is 17.7 Å². The van der Waals surface area contributed by atoms with Crippen LogP contribution in [0, 0.1) is 11.8 Å². The Morgan fingerprint density at radius 1 is 0.647 bits per heavy atom. The zero-order chi connectivity index (χ0) is 48.3. The van der Waals surface area contributed by atoms with E-state index in [0.29, 0.717) is 44.3 Å². The maximum Gasteiger partial charge on any atom is 0.326 e. The van der Waals surface area contributed by atoms with Crippen molar-refractivity contribution in [1.82, 2.24) is 30.0 Å². The minimum Gasteiger partial charge on any atom is -0.481 e. The van der Waals surface area contributed by atoms with Crippen molar-refractivity contribution in [1.29, 1.82) is 0 Å². The Morgan fingerprint density at radius 2 is 1.16 bits per heavy atom. The number of anilines is 1. The van der Waals surface area contributed by atoms with Gasteiger partial charge >= 0.3 is 17.9 Å². The van der Waals surface area contributed by atoms with E-state index in [1.165, 1.54) is 70.8 Å². The highest BCUT2D eigenvalue weighted by Crippen LogP contribution is 2.32. The number of hydrogen-bond acceptors (Lipinski definition) is 12. The van der Waals surface area contributed by atoms with E-state index in [4.69, 9.17) is 24.5 Å². The fourth-order valence-electron chi connectivity index (χ4n) is 9.74. The smallest absolute Gasteiger partial charge is 0.326 e. The number of nitrogens with zero attached hydrogens (tertiary/aromatic N) is 5. The molecule has 0 spiro atoms. The van der Waals surface area contributed by atoms with Crippen LogP contribution in [0.3, 0.4) is 0 Å². The van der Waals surface area contributed by atoms with Gasteiger partial charge in [0, 0.05) is 80.4 Å². The number of likely N-dealkylation sites (tertiary alicyclic amines) is 3. The Hall–Kier alpha value is -5.12. The van der Waals surface area contributed by atoms with Crippen molar-refractivity contribution in [3.63, 3.8) is 0 Å². The Balaban J connectivity index is 0.000000208. The lowest BCUT2D eigenvalue weighted by molar-refractivity contribution is -0.161. The number of esters is 2. The molecule has 16 nitrogen and oxygen atoms in total. The molecule has 68 heavy (non-hydrogen) atoms. The molecule has 2 aromatic rings. The van der Waals surface area contributed by atoms with Crippen molar-refractivity contribution in [2.24, 2.45) is 11.8 Å². The van der Waals surface area contributed by atoms with Gasteiger partial charge in [0.15, 0.2) is 0 Å². The van der Waals surface area contributed by atoms with Crippen LogP contribution in [-0.4, -0.2) is 136 Å². The number of carboxylic acids is 1. The average Bonchev–Trinajstić information content (AvgIpc) is 3.29. The van der Waals surface area contributed by atoms with Crippen LogP contribution in [0.1, 0.15) is 160 Å². The van der Waals surface area contributed by atoms with Gasteiger partial charge in [-0.1, -0.05) is 19.6 Å². The Kier molecular flexibility index (Phi) is 19.3. The number of carbonyl (C=O) groups excluding carboxylic acids is 5. The molecule has 0 radical (unpaired) electrons. The molecule has 0 bridgehead atoms. The van der Waals surface area contributed by atoms with Gasteiger partial charge in [-0.2, -0.15) is 0 Å². The largest absolute Gasteiger partial charge is 0.481 e. The third-order valence-electron chi connectivity index (χ3n) is 13.3. The van der Waals surface area contributed by atoms with Crippen LogP contribution >= 0.6 is 0 Å². The number of fused-ring (bicyclic) bond motifs is 2. The molecule has 376 valence electrons. The van der Waals surface area contributed by atoms with E-state index in [1.807, 2.05) is 4.90 Å². The third kappa shape index (κ3) is 16.0. The van der Waals surface area contributed by atoms with Crippen molar-refractivity contribution in [3.05, 3.63) is 52.5 Å². The Labute approximate surface area is 404 Å². The van der Waals surface area contributed by atoms with Crippen LogP contribution in [0.2, 0.25) is 0 Å². The number of rotatable bonds is 8. The SMILES string of the molecule is C.CC(C)(C)OC(=O)CN1CCC(C(=O)N2CCC(c3ccc4c(n3)NCCC4)CC2)CC1=O.CC(C)(C)OC(=O)CN1CCC(C(=O)O)CC1=O.c1cc2c(nc1C1CCNCC1)CCCC2. The fraction of sp³-hybridized carbons (Fsp3) is 0.692. The molecule has 3 amide bonds. The maximum absolute atomic E-state index is 13.1. The van der Waals surface area contributed by atoms with E-state index in [1.54, 1.807) is 41.5 Å². The minimum absolute atomic E-state index is 0. The first-order chi connectivity index (χ1) is 31.8. The van der Waals surface area contributed by atoms with E-state index in [0.717, 1.165) is 56.8 Å². The van der Waals surface area contributed by atoms with Crippen LogP contribution in [0.25, 0.3) is 0 Å². The normalized spacial score (nSPS) is 21.2. The van der Waals surface area contributed by atoms with E-state index in [2.05, 4.69) is 34.9 Å². The van der Waals surface area contributed by atoms with E-state index < -0.39 is 35.0 Å². The van der Waals surface area contributed by atoms with Crippen LogP contribution in [-0.2, 0) is 57.5 Å². The molecule has 4 saturated heterocycles. The lowest BCUT2D eigenvalue weighted by atomic mass is 9.89. The number of ether oxygens (including phenoxy) is 2. The molecule has 2 atom stereocenters. The van der Waals surface area contributed by atoms with Crippen molar-refractivity contribution < 1.29 is 43.3 Å². The summed E-state index contributed by atoms with van der Waals surface area (Å²) in [5.74, 6) is -1.06. The summed E-state index contributed by atoms with van der Waals surface area (Å²) in [5, 5.41) is 15.6. The van der Waals surface area contributed by atoms with Crippen LogP contribution < -0.4 is 10.6 Å². The van der Waals surface area contributed by atoms with Crippen LogP contribution in [0.5, 0.6) is 0 Å². The molecule has 2 unspecified atom stereocenters. The molecule has 5 aliphatic heterocycles. The minimum atomic E-state index is -0.958. The number of pyridine rings is 2. The molecule has 16 heteroatoms. The number of carboxylic acid groups (broad SMARTS) is 1. The number of amides is 3. The molecule has 7 heterocycles. The summed E-state index contributed by atoms with van der Waals surface area (Å²) in [7, 11) is 0. The predicted octanol–water partition coefficient (Wildman–Crippen LogP) is 6.44. The first-order valence-electron chi connectivity index (χ1n) is 24.8. The summed E-state index contributed by atoms with van der Waals surface area (Å²) in [6.45, 7) is 15.9. The van der Waals surface area contributed by atoms with E-state index in [-0.39, 0.29) is 63.5 Å². The van der Waals surface area contributed by atoms with Crippen molar-refractivity contribution >= 4 is 41.4 Å². The fourth-order valence-corrected chi connectivity index (χ4v) is 9.74. The molecule has 1 aliphatic carbocycles. The lowest BCUT2D eigenvalue weighted by Crippen LogP contribution is -2.48. The van der Waals surface area contributed by atoms with E-state index >= 15 is 0 Å². The summed E-state index contributed by atoms with van der Waals surface area (Å²) in [6, 6.07) is 8.95. The topological polar surface area (TPSA) is 201 Å². The number of piperidine rings is 4. The molecule has 0 aromatic carbocycles. The summed E-state index contributed by atoms with van der Waals surface area (Å²) < 4.78 is 10.4. The second-order valence-electron chi connectivity index (χ2n) is 21.0. The quantitative estimate of drug-likeness (QED) is 0.245. The maximum atomic E-state index is 13.1. The number of aryl methyl sites for hydroxylation is 3. The van der Waals surface area contributed by atoms with Gasteiger partial charge in [0.1, 0.15) is 30.1 Å². The number of aliphatic carboxylic acids is 1. The zero-order valence-corrected chi connectivity index (χ0v) is 40.8. The average molecular weight is 946 g/mol. The number of aromatic nitrogens is 2. The second kappa shape index (κ2) is 24.4. The van der Waals surface area contributed by atoms with Gasteiger partial charge in [-0.05, 0) is 155 Å². The first kappa shape index (κ1) is 53.8. The molecular formula is C52H79N7O9. The monoisotopic (exact) mass is 946 g/mol. The number of hydrogen-bond donors (Lipinski definition) is 3. The Morgan fingerprint density at radius 3 is 1.74 bits per heavy atom. The molecule has 8 rings (SSSR count). The third-order valence-corrected chi connectivity index (χ3v) is 13.3. The Bertz CT molecular complexity index is 2070. The summed E-state index contributed by atoms with van der Waals surface area (Å²) >= 11 is 0. The molecule has 3 N–H and O–H groups in total. The highest BCUT2D eigenvalue weighted by Gasteiger charge is 2.36. The second-order valence-corrected chi connectivity index (χ2v) is 21.0. The van der Waals surface area contributed by atoms with E-state index in [9.17, 15) is 28.8 Å². The van der Waals surface area contributed by atoms with Gasteiger partial charge in [-0.3, -0.25) is 33.8 Å². The van der Waals surface area contributed by atoms with Gasteiger partial charge < -0.3 is 39.9 Å². The summed E-state index contributed by atoms with van der Waals surface area (Å²) in [4.78, 5) is 86.3. The number of carbonyl (C=O) groups is 6. The van der Waals surface area contributed by atoms with Gasteiger partial charge in [0.05, 0.1) is 5.92 Å². The van der Waals surface area contributed by atoms with Crippen molar-refractivity contribution in [2.75, 3.05) is 64.2 Å². The van der Waals surface area contributed by atoms with Gasteiger partial charge in [-0.15, -0.1) is 0 Å². The lowest BCUT2D eigenvalue weighted by Gasteiger charge is -2.37. The molecule has 6 aliphatic rings. The van der Waals surface area contributed by atoms with Crippen LogP contribution in [0.15, 0.2) is 24.3 Å². The first-order valence-corrected chi connectivity index (χ1v) is 24.8. The standard InChI is InChI=1S/C25H36N4O4.C14H20N2.C12H19NO5.CH4/c1-25(2,3)33-22(31)16-29-14-10-19(15-21(29)30)24(32)28-12-8-17(9-13-28)20-7-6-18-5-4-11-26-23(18)27-20;1-2-4-13-11(3-1)5-6-14(16-13)12-7-9-15-10-8-12;1-12(2,3)18-10(15)7-13-5-4-8(11(16)17)6-9(13)14;/h6-7,17,19H,4-5,8-16H2,1-3H3,(H,26,27);5-6,12,15H,1-4,7-10H2;8H,4-7H2,1-3H3,(H,16,17);1H4. The zero-order valence-electron chi connectivity index (χ0n) is 40.8. The highest BCUT2D eigenvalue weighted by molar-refractivity contribution is 5.89. The molecule has 2 aromatic heterocycles. The molecule has 4 fully saturated rings. The summed E-state index contributed by atoms with van der Waals surface area (Å²) in [5.41, 5.74) is 5.49. The molecule has 0 saturated carbocycles. The van der Waals surface area contributed by atoms with Gasteiger partial charge in [0.25, 0.3) is 0 Å². The highest BCUT2D eigenvalue weighted by atomic mass is 16.6.